The third-order valence-corrected chi connectivity index (χ3v) is 1.11. The van der Waals surface area contributed by atoms with Crippen LogP contribution in [0.4, 0.5) is 0 Å². The van der Waals surface area contributed by atoms with Gasteiger partial charge in [-0.3, -0.25) is 0 Å². The van der Waals surface area contributed by atoms with E-state index in [0.29, 0.717) is 12.5 Å². The van der Waals surface area contributed by atoms with Gasteiger partial charge in [0.1, 0.15) is 6.26 Å². The number of esters is 1. The summed E-state index contributed by atoms with van der Waals surface area (Å²) in [5.74, 6) is -1.25. The average molecular weight is 186 g/mol. The molecule has 72 valence electrons. The molecule has 0 saturated heterocycles. The third-order valence-electron chi connectivity index (χ3n) is 1.11. The Labute approximate surface area is 74.9 Å². The first kappa shape index (κ1) is 11.1. The van der Waals surface area contributed by atoms with Crippen molar-refractivity contribution in [2.24, 2.45) is 0 Å². The molecule has 0 unspecified atom stereocenters. The van der Waals surface area contributed by atoms with E-state index in [4.69, 9.17) is 15.3 Å². The molecule has 0 bridgehead atoms. The van der Waals surface area contributed by atoms with Gasteiger partial charge in [0.2, 0.25) is 0 Å². The van der Waals surface area contributed by atoms with Crippen LogP contribution < -0.4 is 0 Å². The molecule has 0 atom stereocenters. The van der Waals surface area contributed by atoms with Crippen molar-refractivity contribution in [3.8, 4) is 0 Å². The van der Waals surface area contributed by atoms with Gasteiger partial charge in [0.25, 0.3) is 0 Å². The zero-order valence-corrected chi connectivity index (χ0v) is 6.97. The van der Waals surface area contributed by atoms with E-state index in [2.05, 4.69) is 4.74 Å². The van der Waals surface area contributed by atoms with E-state index in [1.165, 1.54) is 0 Å². The maximum absolute atomic E-state index is 10.9. The lowest BCUT2D eigenvalue weighted by atomic mass is 10.2. The van der Waals surface area contributed by atoms with Crippen LogP contribution in [0, 0.1) is 0 Å². The lowest BCUT2D eigenvalue weighted by Crippen LogP contribution is -2.03. The van der Waals surface area contributed by atoms with Crippen LogP contribution in [-0.2, 0) is 9.53 Å². The van der Waals surface area contributed by atoms with Crippen molar-refractivity contribution in [2.75, 3.05) is 7.11 Å². The molecule has 0 aliphatic carbocycles. The minimum atomic E-state index is -0.737. The highest BCUT2D eigenvalue weighted by atomic mass is 16.5. The van der Waals surface area contributed by atoms with Crippen LogP contribution in [0.25, 0.3) is 0 Å². The highest BCUT2D eigenvalue weighted by Crippen LogP contribution is 2.03. The monoisotopic (exact) mass is 186 g/mol. The maximum atomic E-state index is 10.9. The molecule has 5 nitrogen and oxygen atoms in total. The number of hydrogen-bond acceptors (Lipinski definition) is 5. The largest absolute Gasteiger partial charge is 0.516 e. The lowest BCUT2D eigenvalue weighted by molar-refractivity contribution is -0.135. The molecule has 0 fully saturated rings. The van der Waals surface area contributed by atoms with Gasteiger partial charge in [-0.15, -0.1) is 0 Å². The maximum Gasteiger partial charge on any atom is 0.338 e. The van der Waals surface area contributed by atoms with Gasteiger partial charge < -0.3 is 20.1 Å². The number of aliphatic hydroxyl groups is 3. The van der Waals surface area contributed by atoms with E-state index >= 15 is 0 Å². The lowest BCUT2D eigenvalue weighted by Gasteiger charge is -1.98. The van der Waals surface area contributed by atoms with Gasteiger partial charge in [0.05, 0.1) is 18.9 Å². The Balaban J connectivity index is 4.80. The van der Waals surface area contributed by atoms with Crippen molar-refractivity contribution in [2.45, 2.75) is 0 Å². The van der Waals surface area contributed by atoms with E-state index in [1.54, 1.807) is 0 Å². The summed E-state index contributed by atoms with van der Waals surface area (Å²) in [5, 5.41) is 25.5. The van der Waals surface area contributed by atoms with Crippen LogP contribution in [0.3, 0.4) is 0 Å². The molecule has 0 aliphatic rings. The fourth-order valence-electron chi connectivity index (χ4n) is 0.570. The summed E-state index contributed by atoms with van der Waals surface area (Å²) >= 11 is 0. The van der Waals surface area contributed by atoms with Crippen molar-refractivity contribution >= 4 is 5.97 Å². The Morgan fingerprint density at radius 1 is 1.38 bits per heavy atom. The van der Waals surface area contributed by atoms with Crippen LogP contribution in [0.1, 0.15) is 0 Å². The fraction of sp³-hybridized carbons (Fsp3) is 0.125. The summed E-state index contributed by atoms with van der Waals surface area (Å²) < 4.78 is 4.32. The van der Waals surface area contributed by atoms with Crippen molar-refractivity contribution in [3.63, 3.8) is 0 Å². The van der Waals surface area contributed by atoms with E-state index in [-0.39, 0.29) is 5.57 Å². The van der Waals surface area contributed by atoms with E-state index in [9.17, 15) is 4.79 Å². The summed E-state index contributed by atoms with van der Waals surface area (Å²) in [6.45, 7) is 0. The normalized spacial score (nSPS) is 13.3. The standard InChI is InChI=1S/C8H10O5/c1-13-8(12)6(2-3-9)4-7(11)5-10/h2-5,9-11H,1H3/b3-2+,6-4+,7-5-. The number of carbonyl (C=O) groups excluding carboxylic acids is 1. The summed E-state index contributed by atoms with van der Waals surface area (Å²) in [4.78, 5) is 10.9. The summed E-state index contributed by atoms with van der Waals surface area (Å²) in [7, 11) is 1.15. The number of rotatable bonds is 3. The molecule has 5 heteroatoms. The van der Waals surface area contributed by atoms with Gasteiger partial charge in [-0.2, -0.15) is 0 Å². The molecule has 0 spiro atoms. The zero-order chi connectivity index (χ0) is 10.3. The molecule has 0 aromatic heterocycles. The highest BCUT2D eigenvalue weighted by Gasteiger charge is 2.06. The molecular formula is C8H10O5. The molecule has 0 saturated carbocycles. The van der Waals surface area contributed by atoms with Gasteiger partial charge in [0.15, 0.2) is 5.76 Å². The average Bonchev–Trinajstić information content (AvgIpc) is 2.15. The first-order valence-corrected chi connectivity index (χ1v) is 3.29. The van der Waals surface area contributed by atoms with Gasteiger partial charge >= 0.3 is 5.97 Å². The molecule has 0 rings (SSSR count). The second kappa shape index (κ2) is 5.70. The topological polar surface area (TPSA) is 87.0 Å². The highest BCUT2D eigenvalue weighted by molar-refractivity contribution is 5.91. The third kappa shape index (κ3) is 3.85. The predicted octanol–water partition coefficient (Wildman–Crippen LogP) is 1.11. The number of methoxy groups -OCH3 is 1. The Kier molecular flexibility index (Phi) is 4.87. The molecule has 0 aliphatic heterocycles. The summed E-state index contributed by atoms with van der Waals surface area (Å²) in [5.41, 5.74) is -0.0900. The van der Waals surface area contributed by atoms with Crippen molar-refractivity contribution < 1.29 is 24.9 Å². The minimum Gasteiger partial charge on any atom is -0.516 e. The number of aliphatic hydroxyl groups excluding tert-OH is 3. The number of carbonyl (C=O) groups is 1. The summed E-state index contributed by atoms with van der Waals surface area (Å²) in [6, 6.07) is 0. The number of ether oxygens (including phenoxy) is 1. The van der Waals surface area contributed by atoms with Crippen molar-refractivity contribution in [1.29, 1.82) is 0 Å². The molecule has 13 heavy (non-hydrogen) atoms. The molecular weight excluding hydrogens is 176 g/mol. The van der Waals surface area contributed by atoms with E-state index in [1.807, 2.05) is 0 Å². The first-order chi connectivity index (χ1) is 6.15. The van der Waals surface area contributed by atoms with Crippen molar-refractivity contribution in [1.82, 2.24) is 0 Å². The molecule has 0 aromatic rings. The number of hydrogen-bond donors (Lipinski definition) is 3. The molecule has 0 aromatic carbocycles. The molecule has 0 heterocycles. The zero-order valence-electron chi connectivity index (χ0n) is 6.97. The van der Waals surface area contributed by atoms with E-state index < -0.39 is 11.7 Å². The minimum absolute atomic E-state index is 0.0900. The second-order valence-corrected chi connectivity index (χ2v) is 1.96. The number of allylic oxidation sites excluding steroid dienone is 1. The van der Waals surface area contributed by atoms with Gasteiger partial charge in [0, 0.05) is 0 Å². The van der Waals surface area contributed by atoms with E-state index in [0.717, 1.165) is 19.3 Å². The van der Waals surface area contributed by atoms with Crippen LogP contribution >= 0.6 is 0 Å². The van der Waals surface area contributed by atoms with Crippen LogP contribution in [0.5, 0.6) is 0 Å². The fourth-order valence-corrected chi connectivity index (χ4v) is 0.570. The van der Waals surface area contributed by atoms with Gasteiger partial charge in [-0.1, -0.05) is 0 Å². The Bertz CT molecular complexity index is 262. The smallest absolute Gasteiger partial charge is 0.338 e. The Morgan fingerprint density at radius 3 is 2.38 bits per heavy atom. The Hall–Kier alpha value is -1.91. The predicted molar refractivity (Wildman–Crippen MR) is 45.2 cm³/mol. The van der Waals surface area contributed by atoms with Crippen LogP contribution in [0.2, 0.25) is 0 Å². The van der Waals surface area contributed by atoms with Crippen molar-refractivity contribution in [3.05, 3.63) is 36.0 Å². The first-order valence-electron chi connectivity index (χ1n) is 3.29. The van der Waals surface area contributed by atoms with Gasteiger partial charge in [-0.25, -0.2) is 4.79 Å². The Morgan fingerprint density at radius 2 is 2.00 bits per heavy atom. The van der Waals surface area contributed by atoms with Gasteiger partial charge in [-0.05, 0) is 12.2 Å². The SMILES string of the molecule is COC(=O)C(/C=C/O)=C/C(O)=C/O. The summed E-state index contributed by atoms with van der Waals surface area (Å²) in [6.07, 6.45) is 2.99. The molecule has 3 N–H and O–H groups in total. The van der Waals surface area contributed by atoms with Crippen LogP contribution in [-0.4, -0.2) is 28.4 Å². The second-order valence-electron chi connectivity index (χ2n) is 1.96. The van der Waals surface area contributed by atoms with Crippen LogP contribution in [0.15, 0.2) is 36.0 Å². The molecule has 0 radical (unpaired) electrons. The quantitative estimate of drug-likeness (QED) is 0.266. The molecule has 0 amide bonds.